The van der Waals surface area contributed by atoms with Gasteiger partial charge in [0.1, 0.15) is 29.9 Å². The molecule has 1 saturated heterocycles. The lowest BCUT2D eigenvalue weighted by atomic mass is 9.99. The van der Waals surface area contributed by atoms with Crippen LogP contribution in [0, 0.1) is 0 Å². The highest BCUT2D eigenvalue weighted by Gasteiger charge is 2.29. The van der Waals surface area contributed by atoms with Crippen molar-refractivity contribution in [2.75, 3.05) is 49.5 Å². The minimum absolute atomic E-state index is 0.308. The van der Waals surface area contributed by atoms with Crippen molar-refractivity contribution >= 4 is 63.3 Å². The summed E-state index contributed by atoms with van der Waals surface area (Å²) in [6, 6.07) is 5.37. The summed E-state index contributed by atoms with van der Waals surface area (Å²) in [5.74, 6) is 1.30. The number of carbonyl (C=O) groups excluding carboxylic acids is 1. The summed E-state index contributed by atoms with van der Waals surface area (Å²) >= 11 is 19.7. The van der Waals surface area contributed by atoms with Gasteiger partial charge in [-0.1, -0.05) is 34.8 Å². The second kappa shape index (κ2) is 9.65. The van der Waals surface area contributed by atoms with E-state index in [1.807, 2.05) is 32.9 Å². The van der Waals surface area contributed by atoms with E-state index in [9.17, 15) is 4.79 Å². The Bertz CT molecular complexity index is 1340. The third-order valence-corrected chi connectivity index (χ3v) is 6.83. The van der Waals surface area contributed by atoms with Crippen LogP contribution in [-0.2, 0) is 4.74 Å². The molecule has 3 heterocycles. The lowest BCUT2D eigenvalue weighted by molar-refractivity contribution is 0.0240. The predicted molar refractivity (Wildman–Crippen MR) is 144 cm³/mol. The number of fused-ring (bicyclic) bond motifs is 5. The fourth-order valence-corrected chi connectivity index (χ4v) is 5.33. The van der Waals surface area contributed by atoms with Crippen LogP contribution < -0.4 is 15.0 Å². The van der Waals surface area contributed by atoms with Crippen LogP contribution in [0.1, 0.15) is 20.8 Å². The zero-order chi connectivity index (χ0) is 25.6. The largest absolute Gasteiger partial charge is 0.489 e. The highest BCUT2D eigenvalue weighted by atomic mass is 35.5. The van der Waals surface area contributed by atoms with Crippen LogP contribution >= 0.6 is 34.8 Å². The topological polar surface area (TPSA) is 79.8 Å². The number of hydrogen-bond acceptors (Lipinski definition) is 7. The maximum absolute atomic E-state index is 12.5. The minimum Gasteiger partial charge on any atom is -0.489 e. The van der Waals surface area contributed by atoms with Crippen LogP contribution in [0.25, 0.3) is 22.0 Å². The summed E-state index contributed by atoms with van der Waals surface area (Å²) in [5.41, 5.74) is 2.29. The van der Waals surface area contributed by atoms with Gasteiger partial charge < -0.3 is 24.6 Å². The van der Waals surface area contributed by atoms with Crippen LogP contribution in [0.5, 0.6) is 5.75 Å². The molecular formula is C25H26Cl3N5O3. The minimum atomic E-state index is -0.535. The molecule has 190 valence electrons. The highest BCUT2D eigenvalue weighted by molar-refractivity contribution is 6.39. The Morgan fingerprint density at radius 1 is 1.06 bits per heavy atom. The van der Waals surface area contributed by atoms with Gasteiger partial charge in [-0.05, 0) is 39.0 Å². The summed E-state index contributed by atoms with van der Waals surface area (Å²) in [4.78, 5) is 25.5. The number of nitrogens with zero attached hydrogens (tertiary/aromatic N) is 4. The molecular weight excluding hydrogens is 525 g/mol. The van der Waals surface area contributed by atoms with E-state index in [0.717, 1.165) is 22.5 Å². The van der Waals surface area contributed by atoms with Crippen molar-refractivity contribution in [2.24, 2.45) is 0 Å². The van der Waals surface area contributed by atoms with Gasteiger partial charge in [-0.25, -0.2) is 14.8 Å². The second-order valence-electron chi connectivity index (χ2n) is 9.70. The molecule has 0 spiro atoms. The summed E-state index contributed by atoms with van der Waals surface area (Å²) < 4.78 is 11.7. The van der Waals surface area contributed by atoms with Gasteiger partial charge in [0.15, 0.2) is 5.75 Å². The van der Waals surface area contributed by atoms with Crippen molar-refractivity contribution < 1.29 is 14.3 Å². The standard InChI is InChI=1S/C25H26Cl3N5O3/c1-25(2,3)36-24(34)33-7-5-32(6-8-33)23-16-12-17(27)19-15-10-14(26)11-18(28)20(15)29-4-9-35-22(19)21(16)30-13-31-23/h10-13,29H,4-9H2,1-3H3. The molecule has 2 aliphatic rings. The zero-order valence-corrected chi connectivity index (χ0v) is 22.5. The molecule has 1 N–H and O–H groups in total. The number of piperazine rings is 1. The number of amides is 1. The van der Waals surface area contributed by atoms with E-state index in [0.29, 0.717) is 71.2 Å². The van der Waals surface area contributed by atoms with Gasteiger partial charge in [-0.3, -0.25) is 0 Å². The molecule has 36 heavy (non-hydrogen) atoms. The number of carbonyl (C=O) groups is 1. The Morgan fingerprint density at radius 3 is 2.53 bits per heavy atom. The first kappa shape index (κ1) is 25.0. The Morgan fingerprint density at radius 2 is 1.81 bits per heavy atom. The van der Waals surface area contributed by atoms with Gasteiger partial charge >= 0.3 is 6.09 Å². The Balaban J connectivity index is 1.53. The average Bonchev–Trinajstić information content (AvgIpc) is 2.79. The van der Waals surface area contributed by atoms with Gasteiger partial charge in [0.25, 0.3) is 0 Å². The summed E-state index contributed by atoms with van der Waals surface area (Å²) in [6.45, 7) is 8.76. The first-order chi connectivity index (χ1) is 17.1. The zero-order valence-electron chi connectivity index (χ0n) is 20.2. The maximum Gasteiger partial charge on any atom is 0.410 e. The average molecular weight is 551 g/mol. The van der Waals surface area contributed by atoms with Gasteiger partial charge in [-0.2, -0.15) is 0 Å². The number of anilines is 2. The molecule has 5 rings (SSSR count). The van der Waals surface area contributed by atoms with Gasteiger partial charge in [0.05, 0.1) is 15.7 Å². The van der Waals surface area contributed by atoms with E-state index in [2.05, 4.69) is 20.2 Å². The molecule has 0 atom stereocenters. The van der Waals surface area contributed by atoms with Crippen LogP contribution in [0.3, 0.4) is 0 Å². The normalized spacial score (nSPS) is 15.8. The highest BCUT2D eigenvalue weighted by Crippen LogP contribution is 2.48. The molecule has 0 unspecified atom stereocenters. The van der Waals surface area contributed by atoms with E-state index in [4.69, 9.17) is 44.3 Å². The third kappa shape index (κ3) is 4.82. The van der Waals surface area contributed by atoms with E-state index in [-0.39, 0.29) is 6.09 Å². The molecule has 0 bridgehead atoms. The van der Waals surface area contributed by atoms with E-state index in [1.165, 1.54) is 6.33 Å². The monoisotopic (exact) mass is 549 g/mol. The van der Waals surface area contributed by atoms with Crippen LogP contribution in [0.15, 0.2) is 24.5 Å². The molecule has 11 heteroatoms. The fourth-order valence-electron chi connectivity index (χ4n) is 4.48. The number of nitrogens with one attached hydrogen (secondary N) is 1. The second-order valence-corrected chi connectivity index (χ2v) is 10.9. The molecule has 0 saturated carbocycles. The van der Waals surface area contributed by atoms with Crippen molar-refractivity contribution in [1.82, 2.24) is 14.9 Å². The lowest BCUT2D eigenvalue weighted by Crippen LogP contribution is -2.50. The van der Waals surface area contributed by atoms with Crippen LogP contribution in [0.4, 0.5) is 16.3 Å². The van der Waals surface area contributed by atoms with E-state index >= 15 is 0 Å². The van der Waals surface area contributed by atoms with Gasteiger partial charge in [0.2, 0.25) is 0 Å². The number of hydrogen-bond donors (Lipinski definition) is 1. The fraction of sp³-hybridized carbons (Fsp3) is 0.400. The third-order valence-electron chi connectivity index (χ3n) is 6.02. The Kier molecular flexibility index (Phi) is 6.70. The number of aromatic nitrogens is 2. The molecule has 0 aliphatic carbocycles. The van der Waals surface area contributed by atoms with Crippen molar-refractivity contribution in [3.8, 4) is 16.9 Å². The van der Waals surface area contributed by atoms with Gasteiger partial charge in [0, 0.05) is 54.3 Å². The van der Waals surface area contributed by atoms with Crippen LogP contribution in [0.2, 0.25) is 15.1 Å². The molecule has 1 amide bonds. The number of ether oxygens (including phenoxy) is 2. The van der Waals surface area contributed by atoms with Crippen molar-refractivity contribution in [2.45, 2.75) is 26.4 Å². The molecule has 3 aromatic rings. The first-order valence-electron chi connectivity index (χ1n) is 11.7. The smallest absolute Gasteiger partial charge is 0.410 e. The molecule has 1 fully saturated rings. The Labute approximate surface area is 224 Å². The molecule has 8 nitrogen and oxygen atoms in total. The Hall–Kier alpha value is -2.68. The SMILES string of the molecule is CC(C)(C)OC(=O)N1CCN(c2ncnc3c4c(c(Cl)cc23)-c2cc(Cl)cc(Cl)c2NCCO4)CC1. The molecule has 2 aromatic carbocycles. The lowest BCUT2D eigenvalue weighted by Gasteiger charge is -2.36. The van der Waals surface area contributed by atoms with E-state index in [1.54, 1.807) is 11.0 Å². The van der Waals surface area contributed by atoms with E-state index < -0.39 is 5.60 Å². The summed E-state index contributed by atoms with van der Waals surface area (Å²) in [5, 5.41) is 5.56. The number of benzene rings is 2. The predicted octanol–water partition coefficient (Wildman–Crippen LogP) is 6.12. The van der Waals surface area contributed by atoms with Crippen LogP contribution in [-0.4, -0.2) is 65.9 Å². The quantitative estimate of drug-likeness (QED) is 0.391. The van der Waals surface area contributed by atoms with Crippen molar-refractivity contribution in [3.63, 3.8) is 0 Å². The van der Waals surface area contributed by atoms with Crippen molar-refractivity contribution in [1.29, 1.82) is 0 Å². The van der Waals surface area contributed by atoms with Crippen molar-refractivity contribution in [3.05, 3.63) is 39.6 Å². The first-order valence-corrected chi connectivity index (χ1v) is 12.8. The number of halogens is 3. The molecule has 1 aromatic heterocycles. The maximum atomic E-state index is 12.5. The molecule has 2 aliphatic heterocycles. The summed E-state index contributed by atoms with van der Waals surface area (Å²) in [7, 11) is 0. The summed E-state index contributed by atoms with van der Waals surface area (Å²) in [6.07, 6.45) is 1.22. The number of rotatable bonds is 1. The molecule has 0 radical (unpaired) electrons. The van der Waals surface area contributed by atoms with Gasteiger partial charge in [-0.15, -0.1) is 0 Å².